The molecule has 76 valence electrons. The van der Waals surface area contributed by atoms with Crippen LogP contribution in [-0.4, -0.2) is 29.7 Å². The van der Waals surface area contributed by atoms with Crippen LogP contribution < -0.4 is 5.32 Å². The van der Waals surface area contributed by atoms with Crippen LogP contribution in [0, 0.1) is 5.92 Å². The Labute approximate surface area is 76.3 Å². The van der Waals surface area contributed by atoms with Gasteiger partial charge < -0.3 is 10.4 Å². The van der Waals surface area contributed by atoms with Gasteiger partial charge in [0.2, 0.25) is 5.92 Å². The number of β-amino-alcohol motifs (C(OH)–C–C–N with tert-alkyl or cyclic N) is 1. The van der Waals surface area contributed by atoms with Crippen LogP contribution in [0.25, 0.3) is 0 Å². The molecule has 2 nitrogen and oxygen atoms in total. The van der Waals surface area contributed by atoms with Gasteiger partial charge in [0, 0.05) is 25.9 Å². The minimum absolute atomic E-state index is 0.00117. The molecule has 1 atom stereocenters. The molecule has 1 saturated heterocycles. The van der Waals surface area contributed by atoms with Gasteiger partial charge in [-0.3, -0.25) is 0 Å². The molecule has 1 saturated carbocycles. The van der Waals surface area contributed by atoms with E-state index in [1.54, 1.807) is 0 Å². The number of nitrogens with one attached hydrogen (secondary N) is 1. The van der Waals surface area contributed by atoms with Crippen LogP contribution in [0.4, 0.5) is 8.78 Å². The van der Waals surface area contributed by atoms with E-state index in [9.17, 15) is 13.9 Å². The zero-order valence-corrected chi connectivity index (χ0v) is 7.52. The van der Waals surface area contributed by atoms with Gasteiger partial charge in [0.1, 0.15) is 0 Å². The molecule has 2 N–H and O–H groups in total. The van der Waals surface area contributed by atoms with Crippen LogP contribution >= 0.6 is 0 Å². The second-order valence-electron chi connectivity index (χ2n) is 4.50. The summed E-state index contributed by atoms with van der Waals surface area (Å²) in [5.41, 5.74) is -0.689. The summed E-state index contributed by atoms with van der Waals surface area (Å²) in [5.74, 6) is -2.46. The van der Waals surface area contributed by atoms with Gasteiger partial charge in [0.05, 0.1) is 5.60 Å². The van der Waals surface area contributed by atoms with Crippen LogP contribution in [0.1, 0.15) is 25.7 Å². The van der Waals surface area contributed by atoms with Gasteiger partial charge in [-0.25, -0.2) is 8.78 Å². The standard InChI is InChI=1S/C9H15F2NO/c10-9(11)2-1-7(4-9)3-8(13)5-12-6-8/h7,12-13H,1-6H2. The lowest BCUT2D eigenvalue weighted by atomic mass is 9.85. The minimum Gasteiger partial charge on any atom is -0.387 e. The normalized spacial score (nSPS) is 35.8. The van der Waals surface area contributed by atoms with Crippen LogP contribution in [0.5, 0.6) is 0 Å². The zero-order chi connectivity index (χ0) is 9.53. The van der Waals surface area contributed by atoms with Crippen molar-refractivity contribution in [3.8, 4) is 0 Å². The zero-order valence-electron chi connectivity index (χ0n) is 7.52. The summed E-state index contributed by atoms with van der Waals surface area (Å²) in [4.78, 5) is 0. The molecule has 0 amide bonds. The average molecular weight is 191 g/mol. The largest absolute Gasteiger partial charge is 0.387 e. The van der Waals surface area contributed by atoms with E-state index < -0.39 is 11.5 Å². The molecule has 0 aromatic rings. The van der Waals surface area contributed by atoms with Gasteiger partial charge in [0.15, 0.2) is 0 Å². The second kappa shape index (κ2) is 2.89. The van der Waals surface area contributed by atoms with Crippen LogP contribution in [0.2, 0.25) is 0 Å². The van der Waals surface area contributed by atoms with Crippen LogP contribution in [0.15, 0.2) is 0 Å². The van der Waals surface area contributed by atoms with E-state index in [0.29, 0.717) is 25.9 Å². The third-order valence-electron chi connectivity index (χ3n) is 3.08. The topological polar surface area (TPSA) is 32.3 Å². The summed E-state index contributed by atoms with van der Waals surface area (Å²) in [7, 11) is 0. The highest BCUT2D eigenvalue weighted by Gasteiger charge is 2.44. The SMILES string of the molecule is OC1(CC2CCC(F)(F)C2)CNC1. The van der Waals surface area contributed by atoms with Crippen molar-refractivity contribution in [2.75, 3.05) is 13.1 Å². The lowest BCUT2D eigenvalue weighted by molar-refractivity contribution is -0.0381. The van der Waals surface area contributed by atoms with E-state index in [1.807, 2.05) is 0 Å². The molecule has 1 aliphatic carbocycles. The Balaban J connectivity index is 1.83. The van der Waals surface area contributed by atoms with Gasteiger partial charge in [-0.15, -0.1) is 0 Å². The van der Waals surface area contributed by atoms with Gasteiger partial charge in [-0.05, 0) is 18.8 Å². The Morgan fingerprint density at radius 3 is 2.46 bits per heavy atom. The first-order valence-electron chi connectivity index (χ1n) is 4.80. The van der Waals surface area contributed by atoms with Crippen molar-refractivity contribution in [3.05, 3.63) is 0 Å². The number of alkyl halides is 2. The fraction of sp³-hybridized carbons (Fsp3) is 1.00. The highest BCUT2D eigenvalue weighted by Crippen LogP contribution is 2.42. The second-order valence-corrected chi connectivity index (χ2v) is 4.50. The molecule has 2 rings (SSSR count). The van der Waals surface area contributed by atoms with Crippen molar-refractivity contribution in [1.29, 1.82) is 0 Å². The fourth-order valence-corrected chi connectivity index (χ4v) is 2.31. The molecule has 2 aliphatic rings. The smallest absolute Gasteiger partial charge is 0.248 e. The number of aliphatic hydroxyl groups is 1. The lowest BCUT2D eigenvalue weighted by Gasteiger charge is -2.39. The molecular weight excluding hydrogens is 176 g/mol. The third kappa shape index (κ3) is 1.99. The summed E-state index contributed by atoms with van der Waals surface area (Å²) in [6.07, 6.45) is 1.07. The number of hydrogen-bond acceptors (Lipinski definition) is 2. The predicted octanol–water partition coefficient (Wildman–Crippen LogP) is 1.15. The maximum absolute atomic E-state index is 12.8. The molecule has 2 fully saturated rings. The molecule has 1 heterocycles. The summed E-state index contributed by atoms with van der Waals surface area (Å²) < 4.78 is 25.6. The molecule has 0 radical (unpaired) electrons. The van der Waals surface area contributed by atoms with E-state index in [1.165, 1.54) is 0 Å². The van der Waals surface area contributed by atoms with Crippen molar-refractivity contribution in [2.24, 2.45) is 5.92 Å². The molecular formula is C9H15F2NO. The Kier molecular flexibility index (Phi) is 2.07. The number of halogens is 2. The van der Waals surface area contributed by atoms with Gasteiger partial charge in [-0.1, -0.05) is 0 Å². The molecule has 0 aromatic carbocycles. The van der Waals surface area contributed by atoms with E-state index in [-0.39, 0.29) is 18.8 Å². The fourth-order valence-electron chi connectivity index (χ4n) is 2.31. The van der Waals surface area contributed by atoms with Crippen molar-refractivity contribution in [2.45, 2.75) is 37.2 Å². The van der Waals surface area contributed by atoms with Crippen molar-refractivity contribution in [3.63, 3.8) is 0 Å². The monoisotopic (exact) mass is 191 g/mol. The molecule has 0 spiro atoms. The molecule has 0 bridgehead atoms. The molecule has 4 heteroatoms. The maximum atomic E-state index is 12.8. The van der Waals surface area contributed by atoms with E-state index in [2.05, 4.69) is 5.32 Å². The predicted molar refractivity (Wildman–Crippen MR) is 44.7 cm³/mol. The molecule has 1 unspecified atom stereocenters. The number of hydrogen-bond donors (Lipinski definition) is 2. The quantitative estimate of drug-likeness (QED) is 0.686. The van der Waals surface area contributed by atoms with Crippen LogP contribution in [0.3, 0.4) is 0 Å². The summed E-state index contributed by atoms with van der Waals surface area (Å²) in [5, 5.41) is 12.7. The first-order valence-corrected chi connectivity index (χ1v) is 4.80. The maximum Gasteiger partial charge on any atom is 0.248 e. The Morgan fingerprint density at radius 2 is 2.08 bits per heavy atom. The Hall–Kier alpha value is -0.220. The lowest BCUT2D eigenvalue weighted by Crippen LogP contribution is -2.60. The number of rotatable bonds is 2. The Morgan fingerprint density at radius 1 is 1.38 bits per heavy atom. The first-order chi connectivity index (χ1) is 5.99. The highest BCUT2D eigenvalue weighted by atomic mass is 19.3. The molecule has 0 aromatic heterocycles. The van der Waals surface area contributed by atoms with Gasteiger partial charge >= 0.3 is 0 Å². The summed E-state index contributed by atoms with van der Waals surface area (Å²) in [6.45, 7) is 1.13. The van der Waals surface area contributed by atoms with Gasteiger partial charge in [0.25, 0.3) is 0 Å². The first kappa shape index (κ1) is 9.34. The van der Waals surface area contributed by atoms with Gasteiger partial charge in [-0.2, -0.15) is 0 Å². The van der Waals surface area contributed by atoms with Crippen LogP contribution in [-0.2, 0) is 0 Å². The Bertz CT molecular complexity index is 204. The average Bonchev–Trinajstić information content (AvgIpc) is 2.27. The van der Waals surface area contributed by atoms with E-state index >= 15 is 0 Å². The van der Waals surface area contributed by atoms with Crippen molar-refractivity contribution in [1.82, 2.24) is 5.32 Å². The van der Waals surface area contributed by atoms with E-state index in [0.717, 1.165) is 0 Å². The highest BCUT2D eigenvalue weighted by molar-refractivity contribution is 4.96. The summed E-state index contributed by atoms with van der Waals surface area (Å²) >= 11 is 0. The molecule has 13 heavy (non-hydrogen) atoms. The van der Waals surface area contributed by atoms with Crippen molar-refractivity contribution >= 4 is 0 Å². The minimum atomic E-state index is -2.47. The summed E-state index contributed by atoms with van der Waals surface area (Å²) in [6, 6.07) is 0. The molecule has 1 aliphatic heterocycles. The van der Waals surface area contributed by atoms with Crippen molar-refractivity contribution < 1.29 is 13.9 Å². The van der Waals surface area contributed by atoms with E-state index in [4.69, 9.17) is 0 Å². The third-order valence-corrected chi connectivity index (χ3v) is 3.08.